The smallest absolute Gasteiger partial charge is 0.129 e. The van der Waals surface area contributed by atoms with Gasteiger partial charge in [-0.1, -0.05) is 11.6 Å². The second-order valence-corrected chi connectivity index (χ2v) is 5.88. The molecule has 3 rings (SSSR count). The van der Waals surface area contributed by atoms with Crippen LogP contribution in [0.3, 0.4) is 0 Å². The number of rotatable bonds is 4. The van der Waals surface area contributed by atoms with E-state index >= 15 is 0 Å². The Bertz CT molecular complexity index is 611. The van der Waals surface area contributed by atoms with Crippen molar-refractivity contribution in [2.45, 2.75) is 18.9 Å². The molecule has 1 saturated heterocycles. The predicted octanol–water partition coefficient (Wildman–Crippen LogP) is 2.44. The van der Waals surface area contributed by atoms with Gasteiger partial charge in [0, 0.05) is 36.1 Å². The number of fused-ring (bicyclic) bond motifs is 1. The normalized spacial score (nSPS) is 16.6. The minimum Gasteiger partial charge on any atom is -0.395 e. The Kier molecular flexibility index (Phi) is 4.58. The van der Waals surface area contributed by atoms with E-state index in [0.717, 1.165) is 47.7 Å². The average molecular weight is 306 g/mol. The third kappa shape index (κ3) is 3.46. The van der Waals surface area contributed by atoms with Gasteiger partial charge in [-0.2, -0.15) is 0 Å². The summed E-state index contributed by atoms with van der Waals surface area (Å²) in [5.74, 6) is 1.03. The molecule has 1 aromatic carbocycles. The summed E-state index contributed by atoms with van der Waals surface area (Å²) in [5.41, 5.74) is 0.984. The van der Waals surface area contributed by atoms with Crippen LogP contribution in [0, 0.1) is 0 Å². The molecule has 1 aliphatic rings. The standard InChI is InChI=1S/C16H20ClN3O/c17-13-2-3-15-12(11-13)1-4-16(19-15)20-8-5-14(6-9-20)18-7-10-21/h1-4,11,14,18,21H,5-10H2. The van der Waals surface area contributed by atoms with Gasteiger partial charge in [0.25, 0.3) is 0 Å². The van der Waals surface area contributed by atoms with E-state index in [1.807, 2.05) is 18.2 Å². The van der Waals surface area contributed by atoms with Crippen LogP contribution in [-0.2, 0) is 0 Å². The zero-order chi connectivity index (χ0) is 14.7. The SMILES string of the molecule is OCCNC1CCN(c2ccc3cc(Cl)ccc3n2)CC1. The Balaban J connectivity index is 1.69. The van der Waals surface area contributed by atoms with Crippen molar-refractivity contribution in [2.75, 3.05) is 31.1 Å². The maximum atomic E-state index is 8.85. The van der Waals surface area contributed by atoms with Crippen molar-refractivity contribution in [1.82, 2.24) is 10.3 Å². The maximum absolute atomic E-state index is 8.85. The van der Waals surface area contributed by atoms with Crippen LogP contribution in [-0.4, -0.2) is 42.4 Å². The Morgan fingerprint density at radius 1 is 1.24 bits per heavy atom. The number of hydrogen-bond acceptors (Lipinski definition) is 4. The number of pyridine rings is 1. The average Bonchev–Trinajstić information content (AvgIpc) is 2.53. The molecule has 4 nitrogen and oxygen atoms in total. The molecule has 0 amide bonds. The van der Waals surface area contributed by atoms with Crippen LogP contribution in [0.1, 0.15) is 12.8 Å². The van der Waals surface area contributed by atoms with Crippen LogP contribution in [0.2, 0.25) is 5.02 Å². The third-order valence-corrected chi connectivity index (χ3v) is 4.24. The van der Waals surface area contributed by atoms with Gasteiger partial charge in [-0.05, 0) is 43.2 Å². The molecule has 112 valence electrons. The number of aromatic nitrogens is 1. The number of halogens is 1. The van der Waals surface area contributed by atoms with Gasteiger partial charge in [0.1, 0.15) is 5.82 Å². The summed E-state index contributed by atoms with van der Waals surface area (Å²) < 4.78 is 0. The minimum absolute atomic E-state index is 0.203. The first kappa shape index (κ1) is 14.6. The topological polar surface area (TPSA) is 48.4 Å². The molecular weight excluding hydrogens is 286 g/mol. The largest absolute Gasteiger partial charge is 0.395 e. The number of aliphatic hydroxyl groups excluding tert-OH is 1. The van der Waals surface area contributed by atoms with Gasteiger partial charge in [-0.15, -0.1) is 0 Å². The molecule has 1 aromatic heterocycles. The lowest BCUT2D eigenvalue weighted by Crippen LogP contribution is -2.43. The van der Waals surface area contributed by atoms with Crippen molar-refractivity contribution >= 4 is 28.3 Å². The molecule has 0 aliphatic carbocycles. The van der Waals surface area contributed by atoms with Crippen LogP contribution in [0.25, 0.3) is 10.9 Å². The number of nitrogens with zero attached hydrogens (tertiary/aromatic N) is 2. The van der Waals surface area contributed by atoms with Gasteiger partial charge in [0.2, 0.25) is 0 Å². The zero-order valence-corrected chi connectivity index (χ0v) is 12.7. The summed E-state index contributed by atoms with van der Waals surface area (Å²) in [6.45, 7) is 2.87. The molecule has 0 atom stereocenters. The highest BCUT2D eigenvalue weighted by Crippen LogP contribution is 2.23. The zero-order valence-electron chi connectivity index (χ0n) is 11.9. The highest BCUT2D eigenvalue weighted by Gasteiger charge is 2.19. The summed E-state index contributed by atoms with van der Waals surface area (Å²) in [6.07, 6.45) is 2.17. The number of benzene rings is 1. The molecule has 1 fully saturated rings. The Morgan fingerprint density at radius 2 is 2.05 bits per heavy atom. The van der Waals surface area contributed by atoms with Crippen molar-refractivity contribution in [3.63, 3.8) is 0 Å². The number of nitrogens with one attached hydrogen (secondary N) is 1. The van der Waals surface area contributed by atoms with E-state index in [-0.39, 0.29) is 6.61 Å². The fourth-order valence-electron chi connectivity index (χ4n) is 2.84. The summed E-state index contributed by atoms with van der Waals surface area (Å²) in [6, 6.07) is 10.5. The van der Waals surface area contributed by atoms with Gasteiger partial charge in [-0.3, -0.25) is 0 Å². The monoisotopic (exact) mass is 305 g/mol. The summed E-state index contributed by atoms with van der Waals surface area (Å²) in [4.78, 5) is 7.06. The summed E-state index contributed by atoms with van der Waals surface area (Å²) in [5, 5.41) is 14.0. The molecule has 2 aromatic rings. The van der Waals surface area contributed by atoms with Gasteiger partial charge in [0.05, 0.1) is 12.1 Å². The van der Waals surface area contributed by atoms with E-state index in [4.69, 9.17) is 21.7 Å². The molecule has 21 heavy (non-hydrogen) atoms. The van der Waals surface area contributed by atoms with Crippen LogP contribution in [0.4, 0.5) is 5.82 Å². The number of piperidine rings is 1. The highest BCUT2D eigenvalue weighted by atomic mass is 35.5. The van der Waals surface area contributed by atoms with E-state index in [0.29, 0.717) is 12.6 Å². The predicted molar refractivity (Wildman–Crippen MR) is 87.1 cm³/mol. The fourth-order valence-corrected chi connectivity index (χ4v) is 3.02. The summed E-state index contributed by atoms with van der Waals surface area (Å²) in [7, 11) is 0. The van der Waals surface area contributed by atoms with E-state index < -0.39 is 0 Å². The molecule has 0 spiro atoms. The second-order valence-electron chi connectivity index (χ2n) is 5.45. The van der Waals surface area contributed by atoms with Crippen molar-refractivity contribution in [3.8, 4) is 0 Å². The van der Waals surface area contributed by atoms with Crippen molar-refractivity contribution in [3.05, 3.63) is 35.4 Å². The Morgan fingerprint density at radius 3 is 2.81 bits per heavy atom. The summed E-state index contributed by atoms with van der Waals surface area (Å²) >= 11 is 6.00. The van der Waals surface area contributed by atoms with Gasteiger partial charge < -0.3 is 15.3 Å². The molecule has 2 heterocycles. The molecule has 0 bridgehead atoms. The van der Waals surface area contributed by atoms with Crippen LogP contribution >= 0.6 is 11.6 Å². The maximum Gasteiger partial charge on any atom is 0.129 e. The fraction of sp³-hybridized carbons (Fsp3) is 0.438. The number of hydrogen-bond donors (Lipinski definition) is 2. The first-order chi connectivity index (χ1) is 10.3. The molecular formula is C16H20ClN3O. The number of aliphatic hydroxyl groups is 1. The molecule has 0 saturated carbocycles. The lowest BCUT2D eigenvalue weighted by Gasteiger charge is -2.33. The lowest BCUT2D eigenvalue weighted by molar-refractivity contribution is 0.277. The van der Waals surface area contributed by atoms with Crippen molar-refractivity contribution in [1.29, 1.82) is 0 Å². The first-order valence-corrected chi connectivity index (χ1v) is 7.79. The molecule has 5 heteroatoms. The van der Waals surface area contributed by atoms with Crippen LogP contribution in [0.5, 0.6) is 0 Å². The molecule has 0 unspecified atom stereocenters. The van der Waals surface area contributed by atoms with E-state index in [9.17, 15) is 0 Å². The van der Waals surface area contributed by atoms with Crippen molar-refractivity contribution in [2.24, 2.45) is 0 Å². The first-order valence-electron chi connectivity index (χ1n) is 7.42. The molecule has 0 radical (unpaired) electrons. The second kappa shape index (κ2) is 6.60. The van der Waals surface area contributed by atoms with Gasteiger partial charge >= 0.3 is 0 Å². The Labute approximate surface area is 129 Å². The highest BCUT2D eigenvalue weighted by molar-refractivity contribution is 6.31. The van der Waals surface area contributed by atoms with Crippen LogP contribution < -0.4 is 10.2 Å². The Hall–Kier alpha value is -1.36. The molecule has 2 N–H and O–H groups in total. The number of anilines is 1. The van der Waals surface area contributed by atoms with E-state index in [2.05, 4.69) is 22.3 Å². The molecule has 1 aliphatic heterocycles. The van der Waals surface area contributed by atoms with Gasteiger partial charge in [0.15, 0.2) is 0 Å². The van der Waals surface area contributed by atoms with Gasteiger partial charge in [-0.25, -0.2) is 4.98 Å². The quantitative estimate of drug-likeness (QED) is 0.911. The third-order valence-electron chi connectivity index (χ3n) is 4.00. The lowest BCUT2D eigenvalue weighted by atomic mass is 10.0. The minimum atomic E-state index is 0.203. The van der Waals surface area contributed by atoms with E-state index in [1.165, 1.54) is 0 Å². The van der Waals surface area contributed by atoms with E-state index in [1.54, 1.807) is 0 Å². The van der Waals surface area contributed by atoms with Crippen molar-refractivity contribution < 1.29 is 5.11 Å². The van der Waals surface area contributed by atoms with Crippen LogP contribution in [0.15, 0.2) is 30.3 Å².